The third kappa shape index (κ3) is 3.15. The number of carbonyl (C=O) groups is 1. The van der Waals surface area contributed by atoms with Crippen LogP contribution in [0.15, 0.2) is 0 Å². The molecule has 0 bridgehead atoms. The molecule has 15 heavy (non-hydrogen) atoms. The number of hydrogen-bond donors (Lipinski definition) is 1. The van der Waals surface area contributed by atoms with Crippen LogP contribution in [0.2, 0.25) is 0 Å². The molecule has 5 heteroatoms. The van der Waals surface area contributed by atoms with Crippen molar-refractivity contribution < 1.29 is 19.0 Å². The summed E-state index contributed by atoms with van der Waals surface area (Å²) in [6, 6.07) is -0.394. The highest BCUT2D eigenvalue weighted by atomic mass is 16.8. The standard InChI is InChI=1S/C10H19NO4/c1-6-9(15-10(2,3)14-6)7(11)5-8(12)13-4/h6-7,9H,5,11H2,1-4H3/t6-,7-,9+/m0/s1. The second-order valence-electron chi connectivity index (χ2n) is 4.25. The molecule has 3 atom stereocenters. The molecule has 1 rings (SSSR count). The minimum Gasteiger partial charge on any atom is -0.469 e. The fourth-order valence-electron chi connectivity index (χ4n) is 1.79. The van der Waals surface area contributed by atoms with Gasteiger partial charge in [0.05, 0.1) is 19.6 Å². The van der Waals surface area contributed by atoms with Gasteiger partial charge in [0.1, 0.15) is 6.10 Å². The topological polar surface area (TPSA) is 70.8 Å². The van der Waals surface area contributed by atoms with Gasteiger partial charge in [-0.15, -0.1) is 0 Å². The first-order valence-corrected chi connectivity index (χ1v) is 5.04. The molecule has 0 saturated carbocycles. The average molecular weight is 217 g/mol. The van der Waals surface area contributed by atoms with Crippen LogP contribution in [0.25, 0.3) is 0 Å². The molecule has 2 N–H and O–H groups in total. The lowest BCUT2D eigenvalue weighted by molar-refractivity contribution is -0.150. The van der Waals surface area contributed by atoms with Gasteiger partial charge in [-0.25, -0.2) is 0 Å². The summed E-state index contributed by atoms with van der Waals surface area (Å²) in [6.45, 7) is 5.54. The van der Waals surface area contributed by atoms with Gasteiger partial charge < -0.3 is 19.9 Å². The first-order valence-electron chi connectivity index (χ1n) is 5.04. The van der Waals surface area contributed by atoms with Crippen molar-refractivity contribution in [1.29, 1.82) is 0 Å². The highest BCUT2D eigenvalue weighted by Gasteiger charge is 2.42. The molecule has 5 nitrogen and oxygen atoms in total. The van der Waals surface area contributed by atoms with E-state index < -0.39 is 11.8 Å². The van der Waals surface area contributed by atoms with Gasteiger partial charge in [-0.3, -0.25) is 4.79 Å². The number of methoxy groups -OCH3 is 1. The van der Waals surface area contributed by atoms with Crippen LogP contribution in [-0.2, 0) is 19.0 Å². The Kier molecular flexibility index (Phi) is 3.70. The predicted octanol–water partition coefficient (Wildman–Crippen LogP) is 0.417. The largest absolute Gasteiger partial charge is 0.469 e. The fourth-order valence-corrected chi connectivity index (χ4v) is 1.79. The van der Waals surface area contributed by atoms with Gasteiger partial charge in [0.15, 0.2) is 5.79 Å². The third-order valence-electron chi connectivity index (χ3n) is 2.40. The highest BCUT2D eigenvalue weighted by molar-refractivity contribution is 5.70. The van der Waals surface area contributed by atoms with Crippen LogP contribution in [-0.4, -0.2) is 37.1 Å². The van der Waals surface area contributed by atoms with Crippen LogP contribution in [0.3, 0.4) is 0 Å². The maximum Gasteiger partial charge on any atom is 0.307 e. The van der Waals surface area contributed by atoms with Crippen molar-refractivity contribution in [2.75, 3.05) is 7.11 Å². The van der Waals surface area contributed by atoms with E-state index >= 15 is 0 Å². The summed E-state index contributed by atoms with van der Waals surface area (Å²) in [5.41, 5.74) is 5.86. The van der Waals surface area contributed by atoms with Crippen molar-refractivity contribution in [2.24, 2.45) is 5.73 Å². The number of hydrogen-bond acceptors (Lipinski definition) is 5. The fraction of sp³-hybridized carbons (Fsp3) is 0.900. The molecule has 0 aromatic rings. The number of nitrogens with two attached hydrogens (primary N) is 1. The van der Waals surface area contributed by atoms with E-state index in [1.165, 1.54) is 7.11 Å². The van der Waals surface area contributed by atoms with Crippen molar-refractivity contribution in [3.8, 4) is 0 Å². The molecule has 0 unspecified atom stereocenters. The van der Waals surface area contributed by atoms with Crippen LogP contribution in [0.1, 0.15) is 27.2 Å². The minimum absolute atomic E-state index is 0.111. The number of ether oxygens (including phenoxy) is 3. The van der Waals surface area contributed by atoms with Crippen molar-refractivity contribution in [2.45, 2.75) is 51.2 Å². The number of esters is 1. The third-order valence-corrected chi connectivity index (χ3v) is 2.40. The summed E-state index contributed by atoms with van der Waals surface area (Å²) in [5.74, 6) is -0.958. The second-order valence-corrected chi connectivity index (χ2v) is 4.25. The van der Waals surface area contributed by atoms with E-state index in [-0.39, 0.29) is 24.6 Å². The average Bonchev–Trinajstić information content (AvgIpc) is 2.39. The lowest BCUT2D eigenvalue weighted by Crippen LogP contribution is -2.42. The summed E-state index contributed by atoms with van der Waals surface area (Å²) in [7, 11) is 1.34. The first kappa shape index (κ1) is 12.4. The molecule has 1 aliphatic rings. The second kappa shape index (κ2) is 4.47. The Bertz CT molecular complexity index is 242. The van der Waals surface area contributed by atoms with E-state index in [1.807, 2.05) is 20.8 Å². The van der Waals surface area contributed by atoms with E-state index in [1.54, 1.807) is 0 Å². The molecular weight excluding hydrogens is 198 g/mol. The van der Waals surface area contributed by atoms with Crippen molar-refractivity contribution in [3.63, 3.8) is 0 Å². The molecule has 0 spiro atoms. The van der Waals surface area contributed by atoms with Crippen LogP contribution >= 0.6 is 0 Å². The number of carbonyl (C=O) groups excluding carboxylic acids is 1. The zero-order chi connectivity index (χ0) is 11.6. The predicted molar refractivity (Wildman–Crippen MR) is 54.1 cm³/mol. The van der Waals surface area contributed by atoms with Crippen molar-refractivity contribution >= 4 is 5.97 Å². The summed E-state index contributed by atoms with van der Waals surface area (Å²) in [5, 5.41) is 0. The summed E-state index contributed by atoms with van der Waals surface area (Å²) in [6.07, 6.45) is -0.232. The van der Waals surface area contributed by atoms with Gasteiger partial charge in [0.2, 0.25) is 0 Å². The highest BCUT2D eigenvalue weighted by Crippen LogP contribution is 2.29. The molecule has 0 aromatic heterocycles. The molecule has 1 heterocycles. The van der Waals surface area contributed by atoms with E-state index in [2.05, 4.69) is 4.74 Å². The van der Waals surface area contributed by atoms with Crippen LogP contribution in [0.5, 0.6) is 0 Å². The lowest BCUT2D eigenvalue weighted by atomic mass is 10.0. The Morgan fingerprint density at radius 1 is 1.53 bits per heavy atom. The normalized spacial score (nSPS) is 31.3. The molecule has 1 aliphatic heterocycles. The molecule has 0 aliphatic carbocycles. The Morgan fingerprint density at radius 2 is 2.13 bits per heavy atom. The first-order chi connectivity index (χ1) is 6.85. The maximum atomic E-state index is 11.0. The van der Waals surface area contributed by atoms with Gasteiger partial charge in [0, 0.05) is 6.04 Å². The summed E-state index contributed by atoms with van der Waals surface area (Å²) >= 11 is 0. The van der Waals surface area contributed by atoms with Crippen LogP contribution in [0, 0.1) is 0 Å². The van der Waals surface area contributed by atoms with Gasteiger partial charge in [-0.1, -0.05) is 0 Å². The smallest absolute Gasteiger partial charge is 0.307 e. The molecule has 1 fully saturated rings. The van der Waals surface area contributed by atoms with E-state index in [0.717, 1.165) is 0 Å². The summed E-state index contributed by atoms with van der Waals surface area (Å²) < 4.78 is 15.7. The van der Waals surface area contributed by atoms with Gasteiger partial charge in [-0.2, -0.15) is 0 Å². The Morgan fingerprint density at radius 3 is 2.53 bits per heavy atom. The van der Waals surface area contributed by atoms with Crippen molar-refractivity contribution in [1.82, 2.24) is 0 Å². The number of rotatable bonds is 3. The van der Waals surface area contributed by atoms with E-state index in [9.17, 15) is 4.79 Å². The van der Waals surface area contributed by atoms with E-state index in [0.29, 0.717) is 0 Å². The Balaban J connectivity index is 2.53. The minimum atomic E-state index is -0.627. The SMILES string of the molecule is COC(=O)C[C@H](N)[C@@H]1OC(C)(C)O[C@H]1C. The molecule has 88 valence electrons. The van der Waals surface area contributed by atoms with Gasteiger partial charge >= 0.3 is 5.97 Å². The van der Waals surface area contributed by atoms with Crippen molar-refractivity contribution in [3.05, 3.63) is 0 Å². The summed E-state index contributed by atoms with van der Waals surface area (Å²) in [4.78, 5) is 11.0. The van der Waals surface area contributed by atoms with Gasteiger partial charge in [0.25, 0.3) is 0 Å². The van der Waals surface area contributed by atoms with Gasteiger partial charge in [-0.05, 0) is 20.8 Å². The van der Waals surface area contributed by atoms with E-state index in [4.69, 9.17) is 15.2 Å². The molecule has 0 radical (unpaired) electrons. The lowest BCUT2D eigenvalue weighted by Gasteiger charge is -2.21. The molecule has 0 amide bonds. The quantitative estimate of drug-likeness (QED) is 0.693. The maximum absolute atomic E-state index is 11.0. The monoisotopic (exact) mass is 217 g/mol. The molecule has 0 aromatic carbocycles. The zero-order valence-corrected chi connectivity index (χ0v) is 9.65. The molecular formula is C10H19NO4. The van der Waals surface area contributed by atoms with Crippen LogP contribution in [0.4, 0.5) is 0 Å². The Labute approximate surface area is 89.9 Å². The zero-order valence-electron chi connectivity index (χ0n) is 9.65. The Hall–Kier alpha value is -0.650. The molecule has 1 saturated heterocycles. The van der Waals surface area contributed by atoms with Crippen LogP contribution < -0.4 is 5.73 Å².